The maximum absolute atomic E-state index is 11.7. The second-order valence-corrected chi connectivity index (χ2v) is 4.53. The minimum atomic E-state index is -0.459. The van der Waals surface area contributed by atoms with Crippen LogP contribution in [0.15, 0.2) is 35.1 Å². The van der Waals surface area contributed by atoms with Crippen LogP contribution in [0, 0.1) is 0 Å². The predicted molar refractivity (Wildman–Crippen MR) is 72.0 cm³/mol. The minimum Gasteiger partial charge on any atom is -0.461 e. The van der Waals surface area contributed by atoms with E-state index >= 15 is 0 Å². The highest BCUT2D eigenvalue weighted by molar-refractivity contribution is 5.93. The van der Waals surface area contributed by atoms with Crippen LogP contribution in [0.5, 0.6) is 0 Å². The first kappa shape index (κ1) is 13.3. The summed E-state index contributed by atoms with van der Waals surface area (Å²) in [5, 5.41) is 0. The molecular weight excluding hydrogens is 242 g/mol. The molecule has 4 heteroatoms. The van der Waals surface area contributed by atoms with E-state index in [0.29, 0.717) is 18.3 Å². The number of ether oxygens (including phenoxy) is 1. The van der Waals surface area contributed by atoms with E-state index in [4.69, 9.17) is 9.15 Å². The van der Waals surface area contributed by atoms with Crippen LogP contribution in [-0.4, -0.2) is 17.6 Å². The molecule has 0 aliphatic rings. The van der Waals surface area contributed by atoms with Crippen molar-refractivity contribution < 1.29 is 13.9 Å². The number of oxazole rings is 1. The topological polar surface area (TPSA) is 52.3 Å². The molecule has 1 aromatic carbocycles. The fourth-order valence-corrected chi connectivity index (χ4v) is 1.82. The molecule has 0 saturated heterocycles. The van der Waals surface area contributed by atoms with Crippen LogP contribution in [0.1, 0.15) is 42.7 Å². The van der Waals surface area contributed by atoms with Gasteiger partial charge in [0.25, 0.3) is 0 Å². The van der Waals surface area contributed by atoms with E-state index in [1.54, 1.807) is 6.92 Å². The third-order valence-electron chi connectivity index (χ3n) is 2.88. The Morgan fingerprint density at radius 2 is 2.00 bits per heavy atom. The van der Waals surface area contributed by atoms with E-state index in [2.05, 4.69) is 18.8 Å². The van der Waals surface area contributed by atoms with E-state index in [0.717, 1.165) is 5.56 Å². The Balaban J connectivity index is 2.32. The molecule has 2 aromatic rings. The van der Waals surface area contributed by atoms with E-state index in [1.807, 2.05) is 24.3 Å². The normalized spacial score (nSPS) is 10.7. The Labute approximate surface area is 112 Å². The van der Waals surface area contributed by atoms with Crippen LogP contribution >= 0.6 is 0 Å². The first-order valence-corrected chi connectivity index (χ1v) is 6.34. The summed E-state index contributed by atoms with van der Waals surface area (Å²) in [7, 11) is 0. The molecule has 4 nitrogen and oxygen atoms in total. The molecular formula is C15H17NO3. The zero-order chi connectivity index (χ0) is 13.8. The molecule has 0 N–H and O–H groups in total. The van der Waals surface area contributed by atoms with Gasteiger partial charge in [-0.2, -0.15) is 0 Å². The van der Waals surface area contributed by atoms with Gasteiger partial charge in [0.15, 0.2) is 17.8 Å². The smallest absolute Gasteiger partial charge is 0.360 e. The van der Waals surface area contributed by atoms with E-state index < -0.39 is 5.97 Å². The van der Waals surface area contributed by atoms with Crippen molar-refractivity contribution in [3.8, 4) is 11.3 Å². The van der Waals surface area contributed by atoms with Gasteiger partial charge in [-0.05, 0) is 18.4 Å². The van der Waals surface area contributed by atoms with Crippen LogP contribution in [0.4, 0.5) is 0 Å². The monoisotopic (exact) mass is 259 g/mol. The lowest BCUT2D eigenvalue weighted by Gasteiger charge is -2.06. The van der Waals surface area contributed by atoms with Gasteiger partial charge in [0.05, 0.1) is 6.61 Å². The first-order valence-electron chi connectivity index (χ1n) is 6.34. The fourth-order valence-electron chi connectivity index (χ4n) is 1.82. The van der Waals surface area contributed by atoms with E-state index in [9.17, 15) is 4.79 Å². The molecule has 2 rings (SSSR count). The van der Waals surface area contributed by atoms with Crippen LogP contribution in [0.2, 0.25) is 0 Å². The summed E-state index contributed by atoms with van der Waals surface area (Å²) >= 11 is 0. The third-order valence-corrected chi connectivity index (χ3v) is 2.88. The third kappa shape index (κ3) is 2.84. The second-order valence-electron chi connectivity index (χ2n) is 4.53. The Kier molecular flexibility index (Phi) is 4.00. The van der Waals surface area contributed by atoms with Gasteiger partial charge in [-0.3, -0.25) is 0 Å². The number of hydrogen-bond acceptors (Lipinski definition) is 4. The molecule has 0 aliphatic carbocycles. The zero-order valence-electron chi connectivity index (χ0n) is 11.3. The maximum Gasteiger partial charge on any atom is 0.360 e. The largest absolute Gasteiger partial charge is 0.461 e. The van der Waals surface area contributed by atoms with E-state index in [-0.39, 0.29) is 5.69 Å². The maximum atomic E-state index is 11.7. The summed E-state index contributed by atoms with van der Waals surface area (Å²) in [6.07, 6.45) is 1.26. The van der Waals surface area contributed by atoms with Gasteiger partial charge in [-0.15, -0.1) is 0 Å². The van der Waals surface area contributed by atoms with Gasteiger partial charge < -0.3 is 9.15 Å². The van der Waals surface area contributed by atoms with Gasteiger partial charge in [0, 0.05) is 5.56 Å². The minimum absolute atomic E-state index is 0.221. The van der Waals surface area contributed by atoms with Crippen molar-refractivity contribution in [2.75, 3.05) is 6.61 Å². The molecule has 0 amide bonds. The average Bonchev–Trinajstić information content (AvgIpc) is 2.88. The molecule has 1 heterocycles. The molecule has 0 radical (unpaired) electrons. The summed E-state index contributed by atoms with van der Waals surface area (Å²) in [5.74, 6) is 0.459. The Morgan fingerprint density at radius 1 is 1.32 bits per heavy atom. The molecule has 0 spiro atoms. The van der Waals surface area contributed by atoms with Gasteiger partial charge in [-0.25, -0.2) is 9.78 Å². The highest BCUT2D eigenvalue weighted by Gasteiger charge is 2.19. The van der Waals surface area contributed by atoms with Crippen molar-refractivity contribution in [1.82, 2.24) is 4.98 Å². The van der Waals surface area contributed by atoms with Crippen molar-refractivity contribution in [1.29, 1.82) is 0 Å². The van der Waals surface area contributed by atoms with Crippen molar-refractivity contribution in [3.05, 3.63) is 41.9 Å². The number of carbonyl (C=O) groups is 1. The SMILES string of the molecule is CCOC(=O)c1ncoc1-c1ccc(C(C)C)cc1. The second kappa shape index (κ2) is 5.69. The number of carbonyl (C=O) groups excluding carboxylic acids is 1. The number of esters is 1. The van der Waals surface area contributed by atoms with Gasteiger partial charge in [0.1, 0.15) is 0 Å². The Bertz CT molecular complexity index is 555. The number of nitrogens with zero attached hydrogens (tertiary/aromatic N) is 1. The molecule has 1 aromatic heterocycles. The van der Waals surface area contributed by atoms with Gasteiger partial charge in [0.2, 0.25) is 0 Å². The number of hydrogen-bond donors (Lipinski definition) is 0. The lowest BCUT2D eigenvalue weighted by Crippen LogP contribution is -2.06. The van der Waals surface area contributed by atoms with Crippen molar-refractivity contribution in [2.45, 2.75) is 26.7 Å². The van der Waals surface area contributed by atoms with Crippen LogP contribution in [0.25, 0.3) is 11.3 Å². The lowest BCUT2D eigenvalue weighted by atomic mass is 10.0. The highest BCUT2D eigenvalue weighted by atomic mass is 16.5. The van der Waals surface area contributed by atoms with Crippen LogP contribution < -0.4 is 0 Å². The standard InChI is InChI=1S/C15H17NO3/c1-4-18-15(17)13-14(19-9-16-13)12-7-5-11(6-8-12)10(2)3/h5-10H,4H2,1-3H3. The van der Waals surface area contributed by atoms with Crippen molar-refractivity contribution >= 4 is 5.97 Å². The van der Waals surface area contributed by atoms with Crippen molar-refractivity contribution in [2.24, 2.45) is 0 Å². The fraction of sp³-hybridized carbons (Fsp3) is 0.333. The quantitative estimate of drug-likeness (QED) is 0.786. The van der Waals surface area contributed by atoms with E-state index in [1.165, 1.54) is 12.0 Å². The molecule has 0 saturated carbocycles. The number of benzene rings is 1. The molecule has 0 atom stereocenters. The summed E-state index contributed by atoms with van der Waals surface area (Å²) in [5.41, 5.74) is 2.28. The summed E-state index contributed by atoms with van der Waals surface area (Å²) in [6, 6.07) is 7.91. The molecule has 0 bridgehead atoms. The Hall–Kier alpha value is -2.10. The zero-order valence-corrected chi connectivity index (χ0v) is 11.3. The molecule has 0 aliphatic heterocycles. The van der Waals surface area contributed by atoms with Crippen LogP contribution in [0.3, 0.4) is 0 Å². The van der Waals surface area contributed by atoms with Crippen LogP contribution in [-0.2, 0) is 4.74 Å². The number of aromatic nitrogens is 1. The Morgan fingerprint density at radius 3 is 2.58 bits per heavy atom. The summed E-state index contributed by atoms with van der Waals surface area (Å²) in [4.78, 5) is 15.7. The molecule has 100 valence electrons. The predicted octanol–water partition coefficient (Wildman–Crippen LogP) is 3.64. The summed E-state index contributed by atoms with van der Waals surface area (Å²) in [6.45, 7) is 6.34. The highest BCUT2D eigenvalue weighted by Crippen LogP contribution is 2.25. The number of rotatable bonds is 4. The van der Waals surface area contributed by atoms with Gasteiger partial charge >= 0.3 is 5.97 Å². The lowest BCUT2D eigenvalue weighted by molar-refractivity contribution is 0.0520. The molecule has 0 fully saturated rings. The van der Waals surface area contributed by atoms with Gasteiger partial charge in [-0.1, -0.05) is 38.1 Å². The van der Waals surface area contributed by atoms with Crippen molar-refractivity contribution in [3.63, 3.8) is 0 Å². The summed E-state index contributed by atoms with van der Waals surface area (Å²) < 4.78 is 10.3. The first-order chi connectivity index (χ1) is 9.13. The average molecular weight is 259 g/mol. The molecule has 19 heavy (non-hydrogen) atoms. The molecule has 0 unspecified atom stereocenters.